The predicted octanol–water partition coefficient (Wildman–Crippen LogP) is 2.25. The highest BCUT2D eigenvalue weighted by atomic mass is 16.5. The molecular weight excluding hydrogens is 304 g/mol. The lowest BCUT2D eigenvalue weighted by Crippen LogP contribution is -2.46. The van der Waals surface area contributed by atoms with E-state index in [9.17, 15) is 9.59 Å². The van der Waals surface area contributed by atoms with Crippen molar-refractivity contribution in [3.8, 4) is 0 Å². The Hall–Kier alpha value is -1.88. The summed E-state index contributed by atoms with van der Waals surface area (Å²) >= 11 is 0. The fraction of sp³-hybridized carbons (Fsp3) is 0.579. The number of nitrogens with one attached hydrogen (secondary N) is 1. The first-order valence-corrected chi connectivity index (χ1v) is 8.97. The van der Waals surface area contributed by atoms with Crippen LogP contribution in [0.3, 0.4) is 0 Å². The van der Waals surface area contributed by atoms with Gasteiger partial charge in [-0.05, 0) is 37.7 Å². The number of benzene rings is 1. The monoisotopic (exact) mass is 330 g/mol. The van der Waals surface area contributed by atoms with Crippen molar-refractivity contribution in [2.24, 2.45) is 0 Å². The molecule has 2 saturated heterocycles. The molecule has 2 aliphatic rings. The van der Waals surface area contributed by atoms with E-state index < -0.39 is 0 Å². The van der Waals surface area contributed by atoms with Gasteiger partial charge in [-0.15, -0.1) is 0 Å². The van der Waals surface area contributed by atoms with Gasteiger partial charge in [-0.25, -0.2) is 0 Å². The van der Waals surface area contributed by atoms with Crippen LogP contribution in [-0.4, -0.2) is 42.0 Å². The topological polar surface area (TPSA) is 58.6 Å². The zero-order chi connectivity index (χ0) is 16.8. The van der Waals surface area contributed by atoms with Crippen LogP contribution in [0, 0.1) is 0 Å². The van der Waals surface area contributed by atoms with Gasteiger partial charge in [-0.2, -0.15) is 0 Å². The highest BCUT2D eigenvalue weighted by molar-refractivity contribution is 5.88. The Morgan fingerprint density at radius 1 is 1.12 bits per heavy atom. The molecular formula is C19H26N2O3. The lowest BCUT2D eigenvalue weighted by atomic mass is 10.1. The molecule has 0 bridgehead atoms. The van der Waals surface area contributed by atoms with Gasteiger partial charge in [-0.1, -0.05) is 30.3 Å². The number of amides is 2. The van der Waals surface area contributed by atoms with Crippen molar-refractivity contribution in [3.05, 3.63) is 35.9 Å². The smallest absolute Gasteiger partial charge is 0.243 e. The molecule has 2 unspecified atom stereocenters. The Kier molecular flexibility index (Phi) is 5.86. The van der Waals surface area contributed by atoms with Crippen LogP contribution >= 0.6 is 0 Å². The quantitative estimate of drug-likeness (QED) is 0.901. The maximum Gasteiger partial charge on any atom is 0.243 e. The lowest BCUT2D eigenvalue weighted by molar-refractivity contribution is -0.141. The van der Waals surface area contributed by atoms with Gasteiger partial charge < -0.3 is 15.0 Å². The highest BCUT2D eigenvalue weighted by Gasteiger charge is 2.34. The number of likely N-dealkylation sites (tertiary alicyclic amines) is 1. The van der Waals surface area contributed by atoms with Gasteiger partial charge in [0.25, 0.3) is 0 Å². The molecule has 130 valence electrons. The fourth-order valence-electron chi connectivity index (χ4n) is 3.52. The second-order valence-corrected chi connectivity index (χ2v) is 6.64. The second-order valence-electron chi connectivity index (χ2n) is 6.64. The van der Waals surface area contributed by atoms with Crippen LogP contribution in [0.25, 0.3) is 0 Å². The zero-order valence-electron chi connectivity index (χ0n) is 14.1. The van der Waals surface area contributed by atoms with Gasteiger partial charge in [0.2, 0.25) is 11.8 Å². The molecule has 5 heteroatoms. The molecule has 0 aromatic heterocycles. The molecule has 2 fully saturated rings. The first kappa shape index (κ1) is 17.0. The number of ether oxygens (including phenoxy) is 1. The van der Waals surface area contributed by atoms with E-state index >= 15 is 0 Å². The van der Waals surface area contributed by atoms with E-state index in [1.54, 1.807) is 4.90 Å². The third kappa shape index (κ3) is 4.35. The molecule has 1 N–H and O–H groups in total. The Bertz CT molecular complexity index is 555. The fourth-order valence-corrected chi connectivity index (χ4v) is 3.52. The first-order valence-electron chi connectivity index (χ1n) is 8.97. The minimum atomic E-state index is -0.329. The van der Waals surface area contributed by atoms with Crippen LogP contribution in [-0.2, 0) is 20.9 Å². The van der Waals surface area contributed by atoms with Crippen LogP contribution in [0.5, 0.6) is 0 Å². The summed E-state index contributed by atoms with van der Waals surface area (Å²) in [6.07, 6.45) is 5.23. The molecule has 1 aromatic rings. The van der Waals surface area contributed by atoms with E-state index in [0.717, 1.165) is 44.3 Å². The van der Waals surface area contributed by atoms with Gasteiger partial charge in [0.05, 0.1) is 12.5 Å². The molecule has 0 saturated carbocycles. The Morgan fingerprint density at radius 2 is 1.96 bits per heavy atom. The number of rotatable bonds is 5. The van der Waals surface area contributed by atoms with Crippen LogP contribution in [0.4, 0.5) is 0 Å². The van der Waals surface area contributed by atoms with Crippen molar-refractivity contribution < 1.29 is 14.3 Å². The molecule has 0 aliphatic carbocycles. The maximum atomic E-state index is 12.6. The summed E-state index contributed by atoms with van der Waals surface area (Å²) in [5.74, 6) is 0.00790. The molecule has 0 radical (unpaired) electrons. The van der Waals surface area contributed by atoms with Crippen molar-refractivity contribution in [1.29, 1.82) is 0 Å². The summed E-state index contributed by atoms with van der Waals surface area (Å²) < 4.78 is 5.66. The molecule has 2 heterocycles. The SMILES string of the molecule is O=C(NCc1ccccc1)C1CCCN1C(=O)CC1CCCCO1. The number of carbonyl (C=O) groups excluding carboxylic acids is 2. The summed E-state index contributed by atoms with van der Waals surface area (Å²) in [5, 5.41) is 2.97. The predicted molar refractivity (Wildman–Crippen MR) is 91.2 cm³/mol. The Balaban J connectivity index is 1.52. The van der Waals surface area contributed by atoms with E-state index in [1.807, 2.05) is 30.3 Å². The van der Waals surface area contributed by atoms with Gasteiger partial charge in [0.15, 0.2) is 0 Å². The van der Waals surface area contributed by atoms with E-state index in [1.165, 1.54) is 0 Å². The summed E-state index contributed by atoms with van der Waals surface area (Å²) in [4.78, 5) is 26.8. The van der Waals surface area contributed by atoms with E-state index in [-0.39, 0.29) is 24.0 Å². The standard InChI is InChI=1S/C19H26N2O3/c22-18(13-16-9-4-5-12-24-16)21-11-6-10-17(21)19(23)20-14-15-7-2-1-3-8-15/h1-3,7-8,16-17H,4-6,9-14H2,(H,20,23). The third-order valence-electron chi connectivity index (χ3n) is 4.86. The summed E-state index contributed by atoms with van der Waals surface area (Å²) in [5.41, 5.74) is 1.07. The van der Waals surface area contributed by atoms with E-state index in [2.05, 4.69) is 5.32 Å². The highest BCUT2D eigenvalue weighted by Crippen LogP contribution is 2.22. The van der Waals surface area contributed by atoms with Gasteiger partial charge in [0.1, 0.15) is 6.04 Å². The largest absolute Gasteiger partial charge is 0.378 e. The normalized spacial score (nSPS) is 23.9. The average molecular weight is 330 g/mol. The number of hydrogen-bond acceptors (Lipinski definition) is 3. The molecule has 3 rings (SSSR count). The summed E-state index contributed by atoms with van der Waals surface area (Å²) in [6, 6.07) is 9.51. The molecule has 0 spiro atoms. The van der Waals surface area contributed by atoms with E-state index in [4.69, 9.17) is 4.74 Å². The minimum absolute atomic E-state index is 0.0277. The van der Waals surface area contributed by atoms with Crippen molar-refractivity contribution >= 4 is 11.8 Å². The van der Waals surface area contributed by atoms with Crippen LogP contribution in [0.1, 0.15) is 44.1 Å². The zero-order valence-corrected chi connectivity index (χ0v) is 14.1. The molecule has 1 aromatic carbocycles. The van der Waals surface area contributed by atoms with E-state index in [0.29, 0.717) is 19.5 Å². The van der Waals surface area contributed by atoms with Crippen LogP contribution < -0.4 is 5.32 Å². The minimum Gasteiger partial charge on any atom is -0.378 e. The van der Waals surface area contributed by atoms with Crippen molar-refractivity contribution in [1.82, 2.24) is 10.2 Å². The lowest BCUT2D eigenvalue weighted by Gasteiger charge is -2.28. The Labute approximate surface area is 143 Å². The molecule has 2 amide bonds. The second kappa shape index (κ2) is 8.29. The number of nitrogens with zero attached hydrogens (tertiary/aromatic N) is 1. The molecule has 5 nitrogen and oxygen atoms in total. The van der Waals surface area contributed by atoms with Gasteiger partial charge in [0, 0.05) is 19.7 Å². The van der Waals surface area contributed by atoms with Gasteiger partial charge in [-0.3, -0.25) is 9.59 Å². The molecule has 2 aliphatic heterocycles. The Morgan fingerprint density at radius 3 is 2.71 bits per heavy atom. The van der Waals surface area contributed by atoms with Crippen LogP contribution in [0.15, 0.2) is 30.3 Å². The van der Waals surface area contributed by atoms with Gasteiger partial charge >= 0.3 is 0 Å². The maximum absolute atomic E-state index is 12.6. The van der Waals surface area contributed by atoms with Crippen molar-refractivity contribution in [3.63, 3.8) is 0 Å². The molecule has 24 heavy (non-hydrogen) atoms. The summed E-state index contributed by atoms with van der Waals surface area (Å²) in [6.45, 7) is 1.93. The first-order chi connectivity index (χ1) is 11.7. The van der Waals surface area contributed by atoms with Crippen LogP contribution in [0.2, 0.25) is 0 Å². The number of carbonyl (C=O) groups is 2. The molecule has 2 atom stereocenters. The number of hydrogen-bond donors (Lipinski definition) is 1. The summed E-state index contributed by atoms with van der Waals surface area (Å²) in [7, 11) is 0. The average Bonchev–Trinajstić information content (AvgIpc) is 3.11. The van der Waals surface area contributed by atoms with Crippen molar-refractivity contribution in [2.45, 2.75) is 57.2 Å². The third-order valence-corrected chi connectivity index (χ3v) is 4.86. The van der Waals surface area contributed by atoms with Crippen molar-refractivity contribution in [2.75, 3.05) is 13.2 Å².